The van der Waals surface area contributed by atoms with Crippen LogP contribution in [-0.2, 0) is 7.05 Å². The Morgan fingerprint density at radius 3 is 2.53 bits per heavy atom. The van der Waals surface area contributed by atoms with Gasteiger partial charge < -0.3 is 10.2 Å². The Morgan fingerprint density at radius 2 is 2.12 bits per heavy atom. The Kier molecular flexibility index (Phi) is 4.53. The van der Waals surface area contributed by atoms with E-state index < -0.39 is 37.6 Å². The van der Waals surface area contributed by atoms with Gasteiger partial charge in [0, 0.05) is 25.4 Å². The van der Waals surface area contributed by atoms with Gasteiger partial charge in [0.15, 0.2) is 0 Å². The Morgan fingerprint density at radius 1 is 1.47 bits per heavy atom. The number of hydrogen-bond donors (Lipinski definition) is 2. The van der Waals surface area contributed by atoms with E-state index >= 15 is 0 Å². The zero-order chi connectivity index (χ0) is 13.1. The lowest BCUT2D eigenvalue weighted by molar-refractivity contribution is -0.185. The summed E-state index contributed by atoms with van der Waals surface area (Å²) in [5.74, 6) is -1.71. The van der Waals surface area contributed by atoms with E-state index in [4.69, 9.17) is 5.11 Å². The lowest BCUT2D eigenvalue weighted by Gasteiger charge is -2.21. The van der Waals surface area contributed by atoms with Crippen molar-refractivity contribution >= 4 is 0 Å². The van der Waals surface area contributed by atoms with Gasteiger partial charge in [-0.25, -0.2) is 0 Å². The Labute approximate surface area is 96.7 Å². The maximum absolute atomic E-state index is 12.5. The van der Waals surface area contributed by atoms with E-state index in [1.165, 1.54) is 17.1 Å². The molecule has 0 fully saturated rings. The zero-order valence-electron chi connectivity index (χ0n) is 9.35. The van der Waals surface area contributed by atoms with Gasteiger partial charge in [-0.05, 0) is 12.8 Å². The monoisotopic (exact) mass is 252 g/mol. The average molecular weight is 252 g/mol. The topological polar surface area (TPSA) is 58.3 Å². The van der Waals surface area contributed by atoms with Crippen LogP contribution in [0.1, 0.15) is 24.5 Å². The standard InChI is InChI=1S/C10H15F3N2O2/c1-15-6-7(5-14-15)9(17)4-8(2-3-16)10(11,12)13/h5-6,8-9,16-17H,2-4H2,1H3/t8-,9?/m1/s1. The van der Waals surface area contributed by atoms with E-state index in [1.807, 2.05) is 0 Å². The summed E-state index contributed by atoms with van der Waals surface area (Å²) in [4.78, 5) is 0. The van der Waals surface area contributed by atoms with Crippen LogP contribution in [0.15, 0.2) is 12.4 Å². The molecule has 2 atom stereocenters. The van der Waals surface area contributed by atoms with Crippen molar-refractivity contribution in [1.82, 2.24) is 9.78 Å². The van der Waals surface area contributed by atoms with Crippen LogP contribution < -0.4 is 0 Å². The van der Waals surface area contributed by atoms with Crippen molar-refractivity contribution in [2.45, 2.75) is 25.1 Å². The molecule has 0 radical (unpaired) electrons. The number of aryl methyl sites for hydroxylation is 1. The molecule has 0 aliphatic carbocycles. The molecule has 0 bridgehead atoms. The molecule has 1 rings (SSSR count). The Balaban J connectivity index is 2.67. The van der Waals surface area contributed by atoms with E-state index in [0.717, 1.165) is 0 Å². The molecule has 0 saturated heterocycles. The second kappa shape index (κ2) is 5.50. The van der Waals surface area contributed by atoms with Crippen molar-refractivity contribution in [3.8, 4) is 0 Å². The van der Waals surface area contributed by atoms with Crippen LogP contribution >= 0.6 is 0 Å². The Bertz CT molecular complexity index is 352. The molecular weight excluding hydrogens is 237 g/mol. The number of aliphatic hydroxyl groups excluding tert-OH is 2. The SMILES string of the molecule is Cn1cc(C(O)C[C@@H](CCO)C(F)(F)F)cn1. The quantitative estimate of drug-likeness (QED) is 0.833. The van der Waals surface area contributed by atoms with Gasteiger partial charge in [-0.3, -0.25) is 4.68 Å². The number of nitrogens with zero attached hydrogens (tertiary/aromatic N) is 2. The molecule has 0 aliphatic heterocycles. The molecule has 1 unspecified atom stereocenters. The molecule has 1 aromatic rings. The predicted octanol–water partition coefficient (Wildman–Crippen LogP) is 1.40. The molecule has 0 aliphatic rings. The summed E-state index contributed by atoms with van der Waals surface area (Å²) in [5.41, 5.74) is 0.347. The third kappa shape index (κ3) is 4.01. The van der Waals surface area contributed by atoms with Crippen LogP contribution in [0, 0.1) is 5.92 Å². The first-order valence-corrected chi connectivity index (χ1v) is 5.18. The molecule has 0 spiro atoms. The molecule has 0 saturated carbocycles. The summed E-state index contributed by atoms with van der Waals surface area (Å²) < 4.78 is 39.0. The third-order valence-corrected chi connectivity index (χ3v) is 2.56. The summed E-state index contributed by atoms with van der Waals surface area (Å²) in [5, 5.41) is 22.0. The summed E-state index contributed by atoms with van der Waals surface area (Å²) in [6.45, 7) is -0.552. The van der Waals surface area contributed by atoms with E-state index in [0.29, 0.717) is 5.56 Å². The highest BCUT2D eigenvalue weighted by Crippen LogP contribution is 2.35. The van der Waals surface area contributed by atoms with Gasteiger partial charge in [0.25, 0.3) is 0 Å². The maximum atomic E-state index is 12.5. The van der Waals surface area contributed by atoms with Crippen LogP contribution in [-0.4, -0.2) is 32.8 Å². The van der Waals surface area contributed by atoms with E-state index in [-0.39, 0.29) is 0 Å². The molecule has 1 aromatic heterocycles. The lowest BCUT2D eigenvalue weighted by Crippen LogP contribution is -2.26. The predicted molar refractivity (Wildman–Crippen MR) is 54.0 cm³/mol. The first-order chi connectivity index (χ1) is 7.84. The van der Waals surface area contributed by atoms with Gasteiger partial charge in [-0.15, -0.1) is 0 Å². The maximum Gasteiger partial charge on any atom is 0.392 e. The van der Waals surface area contributed by atoms with E-state index in [9.17, 15) is 18.3 Å². The average Bonchev–Trinajstić information content (AvgIpc) is 2.62. The normalized spacial score (nSPS) is 15.9. The molecule has 0 aromatic carbocycles. The van der Waals surface area contributed by atoms with Crippen LogP contribution in [0.4, 0.5) is 13.2 Å². The van der Waals surface area contributed by atoms with Crippen LogP contribution in [0.5, 0.6) is 0 Å². The fourth-order valence-electron chi connectivity index (χ4n) is 1.59. The fourth-order valence-corrected chi connectivity index (χ4v) is 1.59. The second-order valence-corrected chi connectivity index (χ2v) is 3.95. The number of rotatable bonds is 5. The van der Waals surface area contributed by atoms with Crippen LogP contribution in [0.2, 0.25) is 0 Å². The molecule has 4 nitrogen and oxygen atoms in total. The molecule has 1 heterocycles. The number of aliphatic hydroxyl groups is 2. The zero-order valence-corrected chi connectivity index (χ0v) is 9.35. The van der Waals surface area contributed by atoms with Crippen molar-refractivity contribution in [2.24, 2.45) is 13.0 Å². The largest absolute Gasteiger partial charge is 0.396 e. The Hall–Kier alpha value is -1.08. The van der Waals surface area contributed by atoms with Gasteiger partial charge in [-0.2, -0.15) is 18.3 Å². The first-order valence-electron chi connectivity index (χ1n) is 5.18. The molecule has 0 amide bonds. The molecule has 17 heavy (non-hydrogen) atoms. The molecule has 98 valence electrons. The van der Waals surface area contributed by atoms with Crippen molar-refractivity contribution in [3.05, 3.63) is 18.0 Å². The fraction of sp³-hybridized carbons (Fsp3) is 0.700. The van der Waals surface area contributed by atoms with Crippen molar-refractivity contribution in [3.63, 3.8) is 0 Å². The minimum Gasteiger partial charge on any atom is -0.396 e. The highest BCUT2D eigenvalue weighted by Gasteiger charge is 2.40. The van der Waals surface area contributed by atoms with Crippen LogP contribution in [0.25, 0.3) is 0 Å². The number of halogens is 3. The van der Waals surface area contributed by atoms with Crippen molar-refractivity contribution < 1.29 is 23.4 Å². The smallest absolute Gasteiger partial charge is 0.392 e. The first kappa shape index (κ1) is 14.0. The second-order valence-electron chi connectivity index (χ2n) is 3.95. The van der Waals surface area contributed by atoms with Gasteiger partial charge in [-0.1, -0.05) is 0 Å². The molecular formula is C10H15F3N2O2. The van der Waals surface area contributed by atoms with Gasteiger partial charge in [0.1, 0.15) is 0 Å². The molecule has 2 N–H and O–H groups in total. The number of alkyl halides is 3. The number of aromatic nitrogens is 2. The molecule has 7 heteroatoms. The van der Waals surface area contributed by atoms with Gasteiger partial charge in [0.2, 0.25) is 0 Å². The van der Waals surface area contributed by atoms with E-state index in [1.54, 1.807) is 7.05 Å². The van der Waals surface area contributed by atoms with E-state index in [2.05, 4.69) is 5.10 Å². The summed E-state index contributed by atoms with van der Waals surface area (Å²) in [6, 6.07) is 0. The summed E-state index contributed by atoms with van der Waals surface area (Å²) in [7, 11) is 1.62. The lowest BCUT2D eigenvalue weighted by atomic mass is 9.95. The highest BCUT2D eigenvalue weighted by molar-refractivity contribution is 5.07. The van der Waals surface area contributed by atoms with Gasteiger partial charge in [0.05, 0.1) is 18.2 Å². The highest BCUT2D eigenvalue weighted by atomic mass is 19.4. The third-order valence-electron chi connectivity index (χ3n) is 2.56. The number of hydrogen-bond acceptors (Lipinski definition) is 3. The summed E-state index contributed by atoms with van der Waals surface area (Å²) >= 11 is 0. The minimum atomic E-state index is -4.41. The summed E-state index contributed by atoms with van der Waals surface area (Å²) in [6.07, 6.45) is -3.70. The van der Waals surface area contributed by atoms with Crippen LogP contribution in [0.3, 0.4) is 0 Å². The van der Waals surface area contributed by atoms with Crippen molar-refractivity contribution in [2.75, 3.05) is 6.61 Å². The minimum absolute atomic E-state index is 0.347. The van der Waals surface area contributed by atoms with Crippen molar-refractivity contribution in [1.29, 1.82) is 0 Å². The van der Waals surface area contributed by atoms with Gasteiger partial charge >= 0.3 is 6.18 Å².